The molecule has 1 aromatic heterocycles. The number of halogens is 2. The highest BCUT2D eigenvalue weighted by molar-refractivity contribution is 6.31. The first-order valence-electron chi connectivity index (χ1n) is 8.85. The Bertz CT molecular complexity index is 768. The first kappa shape index (κ1) is 18.6. The molecule has 0 aliphatic carbocycles. The molecule has 0 amide bonds. The van der Waals surface area contributed by atoms with Gasteiger partial charge in [-0.15, -0.1) is 10.2 Å². The number of aliphatic imine (C=N–C) groups is 1. The maximum absolute atomic E-state index is 14.0. The topological polar surface area (TPSA) is 58.3 Å². The molecular weight excluding hydrogens is 355 g/mol. The van der Waals surface area contributed by atoms with E-state index in [1.54, 1.807) is 19.2 Å². The number of hydrogen-bond donors (Lipinski definition) is 1. The quantitative estimate of drug-likeness (QED) is 0.656. The molecule has 6 nitrogen and oxygen atoms in total. The Morgan fingerprint density at radius 1 is 1.35 bits per heavy atom. The van der Waals surface area contributed by atoms with Crippen molar-refractivity contribution in [2.45, 2.75) is 45.3 Å². The van der Waals surface area contributed by atoms with Crippen LogP contribution in [0.25, 0.3) is 0 Å². The Labute approximate surface area is 158 Å². The number of aryl methyl sites for hydroxylation is 1. The minimum absolute atomic E-state index is 0.317. The molecule has 0 bridgehead atoms. The molecule has 0 saturated carbocycles. The van der Waals surface area contributed by atoms with Crippen LogP contribution >= 0.6 is 11.6 Å². The van der Waals surface area contributed by atoms with Crippen molar-refractivity contribution in [3.8, 4) is 0 Å². The van der Waals surface area contributed by atoms with Gasteiger partial charge >= 0.3 is 0 Å². The van der Waals surface area contributed by atoms with Crippen molar-refractivity contribution in [2.24, 2.45) is 4.99 Å². The van der Waals surface area contributed by atoms with Crippen LogP contribution in [0.2, 0.25) is 5.02 Å². The van der Waals surface area contributed by atoms with Crippen LogP contribution in [-0.4, -0.2) is 39.7 Å². The summed E-state index contributed by atoms with van der Waals surface area (Å²) < 4.78 is 16.2. The van der Waals surface area contributed by atoms with Crippen molar-refractivity contribution < 1.29 is 4.39 Å². The lowest BCUT2D eigenvalue weighted by molar-refractivity contribution is 0.458. The van der Waals surface area contributed by atoms with Crippen molar-refractivity contribution in [1.29, 1.82) is 0 Å². The predicted molar refractivity (Wildman–Crippen MR) is 101 cm³/mol. The fraction of sp³-hybridized carbons (Fsp3) is 0.500. The van der Waals surface area contributed by atoms with Gasteiger partial charge in [-0.1, -0.05) is 24.1 Å². The summed E-state index contributed by atoms with van der Waals surface area (Å²) in [6.45, 7) is 1.80. The summed E-state index contributed by atoms with van der Waals surface area (Å²) in [5, 5.41) is 12.3. The molecule has 2 heterocycles. The Morgan fingerprint density at radius 3 is 2.96 bits per heavy atom. The van der Waals surface area contributed by atoms with Crippen LogP contribution in [0.4, 0.5) is 4.39 Å². The number of nitrogens with one attached hydrogen (secondary N) is 1. The molecule has 0 atom stereocenters. The van der Waals surface area contributed by atoms with Gasteiger partial charge in [-0.3, -0.25) is 4.99 Å². The summed E-state index contributed by atoms with van der Waals surface area (Å²) in [6.07, 6.45) is 4.52. The number of guanidine groups is 1. The summed E-state index contributed by atoms with van der Waals surface area (Å²) in [6, 6.07) is 4.71. The monoisotopic (exact) mass is 378 g/mol. The van der Waals surface area contributed by atoms with Crippen LogP contribution in [0.3, 0.4) is 0 Å². The van der Waals surface area contributed by atoms with E-state index in [0.29, 0.717) is 29.6 Å². The number of nitrogens with zero attached hydrogens (tertiary/aromatic N) is 5. The second kappa shape index (κ2) is 8.49. The standard InChI is InChI=1S/C18H24ClFN6/c1-21-18(25(2)12-13-14(19)7-6-8-15(13)20)22-11-17-24-23-16-9-4-3-5-10-26(16)17/h6-8H,3-5,9-12H2,1-2H3,(H,21,22). The minimum Gasteiger partial charge on any atom is -0.349 e. The second-order valence-electron chi connectivity index (χ2n) is 6.45. The third-order valence-corrected chi connectivity index (χ3v) is 4.98. The highest BCUT2D eigenvalue weighted by atomic mass is 35.5. The number of hydrogen-bond acceptors (Lipinski definition) is 3. The van der Waals surface area contributed by atoms with E-state index in [2.05, 4.69) is 25.1 Å². The molecule has 3 rings (SSSR count). The molecule has 0 spiro atoms. The molecule has 0 saturated heterocycles. The van der Waals surface area contributed by atoms with Gasteiger partial charge in [0.2, 0.25) is 0 Å². The zero-order valence-electron chi connectivity index (χ0n) is 15.2. The van der Waals surface area contributed by atoms with Crippen molar-refractivity contribution in [3.63, 3.8) is 0 Å². The van der Waals surface area contributed by atoms with Crippen LogP contribution in [0.5, 0.6) is 0 Å². The Kier molecular flexibility index (Phi) is 6.08. The highest BCUT2D eigenvalue weighted by Crippen LogP contribution is 2.20. The molecule has 26 heavy (non-hydrogen) atoms. The number of rotatable bonds is 4. The van der Waals surface area contributed by atoms with Crippen LogP contribution in [0.15, 0.2) is 23.2 Å². The van der Waals surface area contributed by atoms with Crippen molar-refractivity contribution in [1.82, 2.24) is 25.0 Å². The molecule has 1 N–H and O–H groups in total. The Hall–Kier alpha value is -2.15. The van der Waals surface area contributed by atoms with E-state index in [1.165, 1.54) is 18.9 Å². The largest absolute Gasteiger partial charge is 0.349 e. The Morgan fingerprint density at radius 2 is 2.19 bits per heavy atom. The second-order valence-corrected chi connectivity index (χ2v) is 6.86. The lowest BCUT2D eigenvalue weighted by Gasteiger charge is -2.23. The van der Waals surface area contributed by atoms with Crippen LogP contribution < -0.4 is 5.32 Å². The van der Waals surface area contributed by atoms with E-state index in [-0.39, 0.29) is 5.82 Å². The van der Waals surface area contributed by atoms with Gasteiger partial charge in [0.15, 0.2) is 11.8 Å². The van der Waals surface area contributed by atoms with Crippen molar-refractivity contribution >= 4 is 17.6 Å². The minimum atomic E-state index is -0.317. The number of aromatic nitrogens is 3. The van der Waals surface area contributed by atoms with Gasteiger partial charge in [-0.05, 0) is 25.0 Å². The predicted octanol–water partition coefficient (Wildman–Crippen LogP) is 3.00. The molecule has 1 aliphatic rings. The Balaban J connectivity index is 1.66. The van der Waals surface area contributed by atoms with Gasteiger partial charge in [0.05, 0.1) is 6.54 Å². The lowest BCUT2D eigenvalue weighted by atomic mass is 10.2. The lowest BCUT2D eigenvalue weighted by Crippen LogP contribution is -2.38. The van der Waals surface area contributed by atoms with E-state index in [0.717, 1.165) is 31.0 Å². The fourth-order valence-electron chi connectivity index (χ4n) is 3.21. The van der Waals surface area contributed by atoms with E-state index in [1.807, 2.05) is 11.9 Å². The summed E-state index contributed by atoms with van der Waals surface area (Å²) in [5.41, 5.74) is 0.455. The summed E-state index contributed by atoms with van der Waals surface area (Å²) in [7, 11) is 3.55. The third-order valence-electron chi connectivity index (χ3n) is 4.62. The highest BCUT2D eigenvalue weighted by Gasteiger charge is 2.16. The van der Waals surface area contributed by atoms with Gasteiger partial charge in [0.1, 0.15) is 11.6 Å². The summed E-state index contributed by atoms with van der Waals surface area (Å²) >= 11 is 6.13. The first-order valence-corrected chi connectivity index (χ1v) is 9.23. The molecule has 1 aromatic carbocycles. The third kappa shape index (κ3) is 4.15. The van der Waals surface area contributed by atoms with Gasteiger partial charge < -0.3 is 14.8 Å². The van der Waals surface area contributed by atoms with Gasteiger partial charge in [0.25, 0.3) is 0 Å². The zero-order valence-corrected chi connectivity index (χ0v) is 15.9. The van der Waals surface area contributed by atoms with Crippen LogP contribution in [0, 0.1) is 5.82 Å². The average molecular weight is 379 g/mol. The van der Waals surface area contributed by atoms with Gasteiger partial charge in [-0.25, -0.2) is 4.39 Å². The first-order chi connectivity index (χ1) is 12.6. The molecule has 0 fully saturated rings. The molecule has 8 heteroatoms. The molecule has 1 aliphatic heterocycles. The number of fused-ring (bicyclic) bond motifs is 1. The normalized spacial score (nSPS) is 14.7. The molecule has 140 valence electrons. The molecule has 0 unspecified atom stereocenters. The van der Waals surface area contributed by atoms with Crippen LogP contribution in [0.1, 0.15) is 36.5 Å². The summed E-state index contributed by atoms with van der Waals surface area (Å²) in [4.78, 5) is 6.12. The van der Waals surface area contributed by atoms with Gasteiger partial charge in [0, 0.05) is 44.2 Å². The smallest absolute Gasteiger partial charge is 0.194 e. The number of benzene rings is 1. The maximum atomic E-state index is 14.0. The van der Waals surface area contributed by atoms with E-state index >= 15 is 0 Å². The van der Waals surface area contributed by atoms with Crippen LogP contribution in [-0.2, 0) is 26.1 Å². The average Bonchev–Trinajstić information content (AvgIpc) is 2.85. The SMILES string of the molecule is CN=C(NCc1nnc2n1CCCCC2)N(C)Cc1c(F)cccc1Cl. The fourth-order valence-corrected chi connectivity index (χ4v) is 3.44. The molecule has 2 aromatic rings. The zero-order chi connectivity index (χ0) is 18.5. The summed E-state index contributed by atoms with van der Waals surface area (Å²) in [5.74, 6) is 2.29. The molecular formula is C18H24ClFN6. The van der Waals surface area contributed by atoms with E-state index in [9.17, 15) is 4.39 Å². The van der Waals surface area contributed by atoms with Gasteiger partial charge in [-0.2, -0.15) is 0 Å². The van der Waals surface area contributed by atoms with E-state index in [4.69, 9.17) is 11.6 Å². The van der Waals surface area contributed by atoms with E-state index < -0.39 is 0 Å². The molecule has 0 radical (unpaired) electrons. The van der Waals surface area contributed by atoms with Crippen molar-refractivity contribution in [3.05, 3.63) is 46.3 Å². The maximum Gasteiger partial charge on any atom is 0.194 e. The van der Waals surface area contributed by atoms with Crippen molar-refractivity contribution in [2.75, 3.05) is 14.1 Å².